The monoisotopic (exact) mass is 385 g/mol. The number of aromatic nitrogens is 3. The third-order valence-corrected chi connectivity index (χ3v) is 6.14. The number of hydrogen-bond donors (Lipinski definition) is 2. The van der Waals surface area contributed by atoms with Crippen LogP contribution in [0.2, 0.25) is 0 Å². The molecular formula is C21H31N5O2. The summed E-state index contributed by atoms with van der Waals surface area (Å²) in [6.45, 7) is 3.34. The normalized spacial score (nSPS) is 21.8. The molecule has 3 heterocycles. The molecule has 2 aromatic rings. The van der Waals surface area contributed by atoms with Crippen molar-refractivity contribution < 1.29 is 9.90 Å². The van der Waals surface area contributed by atoms with E-state index in [1.807, 2.05) is 6.20 Å². The fraction of sp³-hybridized carbons (Fsp3) is 0.667. The van der Waals surface area contributed by atoms with E-state index in [1.54, 1.807) is 16.9 Å². The van der Waals surface area contributed by atoms with Crippen molar-refractivity contribution in [1.29, 1.82) is 0 Å². The highest BCUT2D eigenvalue weighted by atomic mass is 16.3. The van der Waals surface area contributed by atoms with E-state index in [0.29, 0.717) is 17.6 Å². The summed E-state index contributed by atoms with van der Waals surface area (Å²) in [6.07, 6.45) is 14.7. The standard InChI is InChI=1S/C21H31N5O2/c27-10-8-17-11-22-20-19(12-23-26(20)14-17)21(28)24-18-7-4-9-25(15-18)13-16-5-2-1-3-6-16/h11-12,14,16,18,27H,1-10,13,15H2,(H,24,28)/t18-/m0/s1. The first kappa shape index (κ1) is 19.3. The van der Waals surface area contributed by atoms with Crippen molar-refractivity contribution in [3.8, 4) is 0 Å². The molecule has 0 radical (unpaired) electrons. The highest BCUT2D eigenvalue weighted by Crippen LogP contribution is 2.25. The SMILES string of the molecule is O=C(N[C@H]1CCCN(CC2CCCCC2)C1)c1cnn2cc(CCO)cnc12. The fourth-order valence-corrected chi connectivity index (χ4v) is 4.67. The molecule has 2 N–H and O–H groups in total. The van der Waals surface area contributed by atoms with E-state index in [-0.39, 0.29) is 18.6 Å². The first-order valence-corrected chi connectivity index (χ1v) is 10.7. The van der Waals surface area contributed by atoms with E-state index >= 15 is 0 Å². The van der Waals surface area contributed by atoms with Gasteiger partial charge >= 0.3 is 0 Å². The van der Waals surface area contributed by atoms with E-state index in [4.69, 9.17) is 5.11 Å². The molecule has 1 saturated heterocycles. The average Bonchev–Trinajstić information content (AvgIpc) is 3.13. The molecule has 1 amide bonds. The summed E-state index contributed by atoms with van der Waals surface area (Å²) in [7, 11) is 0. The van der Waals surface area contributed by atoms with Crippen LogP contribution >= 0.6 is 0 Å². The smallest absolute Gasteiger partial charge is 0.257 e. The zero-order valence-electron chi connectivity index (χ0n) is 16.5. The number of fused-ring (bicyclic) bond motifs is 1. The zero-order valence-corrected chi connectivity index (χ0v) is 16.5. The molecule has 0 aromatic carbocycles. The molecular weight excluding hydrogens is 354 g/mol. The lowest BCUT2D eigenvalue weighted by molar-refractivity contribution is 0.0891. The molecule has 4 rings (SSSR count). The summed E-state index contributed by atoms with van der Waals surface area (Å²) in [6, 6.07) is 0.188. The molecule has 0 unspecified atom stereocenters. The molecule has 7 nitrogen and oxygen atoms in total. The van der Waals surface area contributed by atoms with Gasteiger partial charge < -0.3 is 15.3 Å². The van der Waals surface area contributed by atoms with Gasteiger partial charge in [-0.3, -0.25) is 4.79 Å². The lowest BCUT2D eigenvalue weighted by Crippen LogP contribution is -2.48. The summed E-state index contributed by atoms with van der Waals surface area (Å²) in [5.74, 6) is 0.738. The van der Waals surface area contributed by atoms with E-state index < -0.39 is 0 Å². The molecule has 1 atom stereocenters. The summed E-state index contributed by atoms with van der Waals surface area (Å²) < 4.78 is 1.62. The summed E-state index contributed by atoms with van der Waals surface area (Å²) in [5.41, 5.74) is 1.98. The second kappa shape index (κ2) is 9.01. The molecule has 152 valence electrons. The fourth-order valence-electron chi connectivity index (χ4n) is 4.67. The Morgan fingerprint density at radius 2 is 2.04 bits per heavy atom. The average molecular weight is 386 g/mol. The maximum absolute atomic E-state index is 12.8. The summed E-state index contributed by atoms with van der Waals surface area (Å²) >= 11 is 0. The van der Waals surface area contributed by atoms with Crippen LogP contribution in [-0.2, 0) is 6.42 Å². The molecule has 1 aliphatic carbocycles. The van der Waals surface area contributed by atoms with E-state index in [2.05, 4.69) is 20.3 Å². The highest BCUT2D eigenvalue weighted by Gasteiger charge is 2.25. The lowest BCUT2D eigenvalue weighted by Gasteiger charge is -2.36. The van der Waals surface area contributed by atoms with Crippen LogP contribution in [0.25, 0.3) is 5.65 Å². The van der Waals surface area contributed by atoms with Crippen LogP contribution in [0.15, 0.2) is 18.6 Å². The number of likely N-dealkylation sites (tertiary alicyclic amines) is 1. The largest absolute Gasteiger partial charge is 0.396 e. The minimum absolute atomic E-state index is 0.0703. The van der Waals surface area contributed by atoms with Crippen molar-refractivity contribution in [3.05, 3.63) is 29.7 Å². The number of hydrogen-bond acceptors (Lipinski definition) is 5. The molecule has 7 heteroatoms. The van der Waals surface area contributed by atoms with Crippen molar-refractivity contribution in [1.82, 2.24) is 24.8 Å². The van der Waals surface area contributed by atoms with Crippen LogP contribution in [0.4, 0.5) is 0 Å². The van der Waals surface area contributed by atoms with Gasteiger partial charge in [0.05, 0.1) is 6.20 Å². The Morgan fingerprint density at radius 3 is 2.86 bits per heavy atom. The van der Waals surface area contributed by atoms with Gasteiger partial charge in [0.1, 0.15) is 5.56 Å². The van der Waals surface area contributed by atoms with Crippen molar-refractivity contribution in [2.45, 2.75) is 57.4 Å². The highest BCUT2D eigenvalue weighted by molar-refractivity contribution is 5.99. The van der Waals surface area contributed by atoms with Gasteiger partial charge in [0.25, 0.3) is 5.91 Å². The third kappa shape index (κ3) is 4.52. The van der Waals surface area contributed by atoms with Crippen LogP contribution in [0.3, 0.4) is 0 Å². The number of carbonyl (C=O) groups excluding carboxylic acids is 1. The van der Waals surface area contributed by atoms with Crippen LogP contribution in [0.5, 0.6) is 0 Å². The minimum Gasteiger partial charge on any atom is -0.396 e. The minimum atomic E-state index is -0.0954. The molecule has 2 aromatic heterocycles. The predicted molar refractivity (Wildman–Crippen MR) is 107 cm³/mol. The number of carbonyl (C=O) groups is 1. The molecule has 28 heavy (non-hydrogen) atoms. The quantitative estimate of drug-likeness (QED) is 0.795. The lowest BCUT2D eigenvalue weighted by atomic mass is 9.88. The Labute approximate surface area is 166 Å². The second-order valence-electron chi connectivity index (χ2n) is 8.34. The third-order valence-electron chi connectivity index (χ3n) is 6.14. The number of amides is 1. The van der Waals surface area contributed by atoms with Gasteiger partial charge in [-0.2, -0.15) is 5.10 Å². The predicted octanol–water partition coefficient (Wildman–Crippen LogP) is 2.04. The molecule has 1 saturated carbocycles. The second-order valence-corrected chi connectivity index (χ2v) is 8.34. The van der Waals surface area contributed by atoms with Gasteiger partial charge in [-0.25, -0.2) is 9.50 Å². The maximum atomic E-state index is 12.8. The van der Waals surface area contributed by atoms with Crippen LogP contribution in [0, 0.1) is 5.92 Å². The van der Waals surface area contributed by atoms with E-state index in [1.165, 1.54) is 38.6 Å². The number of piperidine rings is 1. The number of nitrogens with zero attached hydrogens (tertiary/aromatic N) is 4. The topological polar surface area (TPSA) is 82.8 Å². The van der Waals surface area contributed by atoms with Gasteiger partial charge in [0.15, 0.2) is 5.65 Å². The Morgan fingerprint density at radius 1 is 1.18 bits per heavy atom. The van der Waals surface area contributed by atoms with Gasteiger partial charge in [-0.15, -0.1) is 0 Å². The first-order valence-electron chi connectivity index (χ1n) is 10.7. The van der Waals surface area contributed by atoms with Crippen LogP contribution in [0.1, 0.15) is 60.9 Å². The zero-order chi connectivity index (χ0) is 19.3. The Hall–Kier alpha value is -1.99. The maximum Gasteiger partial charge on any atom is 0.257 e. The van der Waals surface area contributed by atoms with Crippen LogP contribution < -0.4 is 5.32 Å². The summed E-state index contributed by atoms with van der Waals surface area (Å²) in [4.78, 5) is 19.8. The van der Waals surface area contributed by atoms with Crippen molar-refractivity contribution in [3.63, 3.8) is 0 Å². The molecule has 1 aliphatic heterocycles. The van der Waals surface area contributed by atoms with Gasteiger partial charge in [0.2, 0.25) is 0 Å². The molecule has 0 bridgehead atoms. The van der Waals surface area contributed by atoms with Crippen LogP contribution in [-0.4, -0.2) is 62.8 Å². The van der Waals surface area contributed by atoms with Gasteiger partial charge in [0, 0.05) is 38.1 Å². The summed E-state index contributed by atoms with van der Waals surface area (Å²) in [5, 5.41) is 16.5. The van der Waals surface area contributed by atoms with Crippen molar-refractivity contribution in [2.75, 3.05) is 26.2 Å². The number of aliphatic hydroxyl groups excluding tert-OH is 1. The molecule has 2 fully saturated rings. The molecule has 2 aliphatic rings. The van der Waals surface area contributed by atoms with Gasteiger partial charge in [-0.05, 0) is 50.1 Å². The number of rotatable bonds is 6. The van der Waals surface area contributed by atoms with Crippen molar-refractivity contribution in [2.24, 2.45) is 5.92 Å². The Bertz CT molecular complexity index is 799. The van der Waals surface area contributed by atoms with E-state index in [0.717, 1.165) is 37.4 Å². The Kier molecular flexibility index (Phi) is 6.22. The molecule has 0 spiro atoms. The first-order chi connectivity index (χ1) is 13.7. The van der Waals surface area contributed by atoms with E-state index in [9.17, 15) is 4.79 Å². The Balaban J connectivity index is 1.37. The van der Waals surface area contributed by atoms with Gasteiger partial charge in [-0.1, -0.05) is 19.3 Å². The number of nitrogens with one attached hydrogen (secondary N) is 1. The van der Waals surface area contributed by atoms with Crippen molar-refractivity contribution >= 4 is 11.6 Å². The number of aliphatic hydroxyl groups is 1.